The summed E-state index contributed by atoms with van der Waals surface area (Å²) in [6.45, 7) is 9.19. The van der Waals surface area contributed by atoms with Gasteiger partial charge in [0.15, 0.2) is 0 Å². The summed E-state index contributed by atoms with van der Waals surface area (Å²) >= 11 is 0. The fraction of sp³-hybridized carbons (Fsp3) is 0.0714. The maximum absolute atomic E-state index is 2.41. The Morgan fingerprint density at radius 3 is 1.00 bits per heavy atom. The topological polar surface area (TPSA) is 0 Å². The predicted molar refractivity (Wildman–Crippen MR) is 243 cm³/mol. The molecule has 0 N–H and O–H groups in total. The molecule has 0 unspecified atom stereocenters. The number of rotatable bonds is 5. The minimum absolute atomic E-state index is 1.24. The molecule has 0 amide bonds. The monoisotopic (exact) mass is 714 g/mol. The first-order valence-corrected chi connectivity index (χ1v) is 19.7. The lowest BCUT2D eigenvalue weighted by molar-refractivity contribution is 1.40. The highest BCUT2D eigenvalue weighted by molar-refractivity contribution is 6.12. The number of benzene rings is 10. The molecular formula is C56H42. The van der Waals surface area contributed by atoms with Gasteiger partial charge in [0.1, 0.15) is 0 Å². The van der Waals surface area contributed by atoms with Crippen LogP contribution in [0.3, 0.4) is 0 Å². The van der Waals surface area contributed by atoms with Gasteiger partial charge in [-0.1, -0.05) is 158 Å². The zero-order valence-electron chi connectivity index (χ0n) is 32.3. The average Bonchev–Trinajstić information content (AvgIpc) is 3.23. The predicted octanol–water partition coefficient (Wildman–Crippen LogP) is 15.9. The third-order valence-electron chi connectivity index (χ3n) is 12.1. The molecule has 10 rings (SSSR count). The zero-order valence-corrected chi connectivity index (χ0v) is 32.3. The fourth-order valence-corrected chi connectivity index (χ4v) is 9.13. The van der Waals surface area contributed by atoms with Crippen LogP contribution in [0.25, 0.3) is 98.7 Å². The molecule has 0 aromatic heterocycles. The van der Waals surface area contributed by atoms with Gasteiger partial charge in [-0.05, 0) is 173 Å². The summed E-state index contributed by atoms with van der Waals surface area (Å²) in [6, 6.07) is 67.4. The minimum atomic E-state index is 1.24. The third-order valence-corrected chi connectivity index (χ3v) is 12.1. The van der Waals surface area contributed by atoms with Crippen molar-refractivity contribution in [2.45, 2.75) is 27.7 Å². The van der Waals surface area contributed by atoms with Crippen LogP contribution in [-0.2, 0) is 0 Å². The largest absolute Gasteiger partial charge is 0.0616 e. The van der Waals surface area contributed by atoms with Gasteiger partial charge in [-0.3, -0.25) is 0 Å². The van der Waals surface area contributed by atoms with Crippen molar-refractivity contribution in [3.8, 4) is 55.6 Å². The van der Waals surface area contributed by atoms with Crippen molar-refractivity contribution in [1.29, 1.82) is 0 Å². The van der Waals surface area contributed by atoms with Crippen molar-refractivity contribution in [2.75, 3.05) is 0 Å². The Kier molecular flexibility index (Phi) is 8.15. The molecule has 0 saturated heterocycles. The van der Waals surface area contributed by atoms with Gasteiger partial charge in [-0.25, -0.2) is 0 Å². The molecule has 0 fully saturated rings. The van der Waals surface area contributed by atoms with Crippen molar-refractivity contribution in [3.63, 3.8) is 0 Å². The smallest absolute Gasteiger partial charge is 0.00608 e. The second-order valence-corrected chi connectivity index (χ2v) is 15.5. The SMILES string of the molecule is Cc1cc(-c2ccc3ccccc3c2)ccc1-c1cc2ccccc2c(-c2c(C)c(-c3ccc(-c4ccc5ccccc5c4)cc3C)cc3ccccc23)c1C. The van der Waals surface area contributed by atoms with Gasteiger partial charge in [0.2, 0.25) is 0 Å². The number of hydrogen-bond donors (Lipinski definition) is 0. The Labute approximate surface area is 329 Å². The Bertz CT molecular complexity index is 2960. The maximum Gasteiger partial charge on any atom is -0.00608 e. The summed E-state index contributed by atoms with van der Waals surface area (Å²) < 4.78 is 0. The summed E-state index contributed by atoms with van der Waals surface area (Å²) in [5.74, 6) is 0. The first-order chi connectivity index (χ1) is 27.4. The van der Waals surface area contributed by atoms with E-state index < -0.39 is 0 Å². The summed E-state index contributed by atoms with van der Waals surface area (Å²) in [7, 11) is 0. The van der Waals surface area contributed by atoms with Crippen molar-refractivity contribution < 1.29 is 0 Å². The number of hydrogen-bond acceptors (Lipinski definition) is 0. The highest BCUT2D eigenvalue weighted by Gasteiger charge is 2.21. The third kappa shape index (κ3) is 5.69. The fourth-order valence-electron chi connectivity index (χ4n) is 9.13. The van der Waals surface area contributed by atoms with E-state index in [1.165, 1.54) is 121 Å². The van der Waals surface area contributed by atoms with E-state index >= 15 is 0 Å². The van der Waals surface area contributed by atoms with Gasteiger partial charge >= 0.3 is 0 Å². The molecule has 0 aliphatic heterocycles. The quantitative estimate of drug-likeness (QED) is 0.166. The lowest BCUT2D eigenvalue weighted by Crippen LogP contribution is -1.98. The van der Waals surface area contributed by atoms with E-state index in [0.29, 0.717) is 0 Å². The molecule has 10 aromatic carbocycles. The molecule has 0 atom stereocenters. The van der Waals surface area contributed by atoms with Crippen LogP contribution in [0.5, 0.6) is 0 Å². The van der Waals surface area contributed by atoms with Gasteiger partial charge in [0, 0.05) is 0 Å². The van der Waals surface area contributed by atoms with E-state index in [-0.39, 0.29) is 0 Å². The Morgan fingerprint density at radius 2 is 0.589 bits per heavy atom. The average molecular weight is 715 g/mol. The van der Waals surface area contributed by atoms with E-state index in [1.807, 2.05) is 0 Å². The molecule has 0 saturated carbocycles. The molecular weight excluding hydrogens is 673 g/mol. The van der Waals surface area contributed by atoms with E-state index in [0.717, 1.165) is 0 Å². The standard InChI is InChI=1S/C56H42/c1-35-29-43(45-23-21-39-13-5-7-15-41(39)31-45)25-27-49(35)53-33-47-17-9-11-19-51(47)55(37(53)3)56-38(4)54(34-48-18-10-12-20-52(48)56)50-28-26-44(30-36(50)2)46-24-22-40-14-6-8-16-42(40)32-46/h5-34H,1-4H3. The molecule has 0 nitrogen and oxygen atoms in total. The van der Waals surface area contributed by atoms with Gasteiger partial charge in [0.25, 0.3) is 0 Å². The zero-order chi connectivity index (χ0) is 37.9. The van der Waals surface area contributed by atoms with Crippen molar-refractivity contribution >= 4 is 43.1 Å². The van der Waals surface area contributed by atoms with Gasteiger partial charge in [0.05, 0.1) is 0 Å². The molecule has 0 heterocycles. The number of aryl methyl sites for hydroxylation is 2. The van der Waals surface area contributed by atoms with Crippen LogP contribution < -0.4 is 0 Å². The summed E-state index contributed by atoms with van der Waals surface area (Å²) in [6.07, 6.45) is 0. The summed E-state index contributed by atoms with van der Waals surface area (Å²) in [4.78, 5) is 0. The van der Waals surface area contributed by atoms with Gasteiger partial charge < -0.3 is 0 Å². The van der Waals surface area contributed by atoms with Crippen LogP contribution in [0.1, 0.15) is 22.3 Å². The first kappa shape index (κ1) is 33.8. The van der Waals surface area contributed by atoms with Crippen molar-refractivity contribution in [1.82, 2.24) is 0 Å². The van der Waals surface area contributed by atoms with E-state index in [4.69, 9.17) is 0 Å². The molecule has 266 valence electrons. The van der Waals surface area contributed by atoms with Crippen molar-refractivity contribution in [2.24, 2.45) is 0 Å². The van der Waals surface area contributed by atoms with E-state index in [1.54, 1.807) is 0 Å². The van der Waals surface area contributed by atoms with Crippen LogP contribution in [0, 0.1) is 27.7 Å². The van der Waals surface area contributed by atoms with Crippen LogP contribution >= 0.6 is 0 Å². The van der Waals surface area contributed by atoms with E-state index in [9.17, 15) is 0 Å². The van der Waals surface area contributed by atoms with Crippen LogP contribution in [-0.4, -0.2) is 0 Å². The Balaban J connectivity index is 1.14. The van der Waals surface area contributed by atoms with E-state index in [2.05, 4.69) is 210 Å². The highest BCUT2D eigenvalue weighted by Crippen LogP contribution is 2.46. The van der Waals surface area contributed by atoms with Crippen molar-refractivity contribution in [3.05, 3.63) is 204 Å². The minimum Gasteiger partial charge on any atom is -0.0616 e. The van der Waals surface area contributed by atoms with Crippen LogP contribution in [0.15, 0.2) is 182 Å². The maximum atomic E-state index is 2.41. The second-order valence-electron chi connectivity index (χ2n) is 15.5. The molecule has 0 aliphatic carbocycles. The summed E-state index contributed by atoms with van der Waals surface area (Å²) in [5.41, 5.74) is 17.9. The summed E-state index contributed by atoms with van der Waals surface area (Å²) in [5, 5.41) is 10.1. The lowest BCUT2D eigenvalue weighted by atomic mass is 9.81. The Morgan fingerprint density at radius 1 is 0.250 bits per heavy atom. The molecule has 0 aliphatic rings. The molecule has 56 heavy (non-hydrogen) atoms. The molecule has 0 radical (unpaired) electrons. The molecule has 0 spiro atoms. The second kappa shape index (κ2) is 13.5. The van der Waals surface area contributed by atoms with Crippen LogP contribution in [0.2, 0.25) is 0 Å². The van der Waals surface area contributed by atoms with Gasteiger partial charge in [-0.15, -0.1) is 0 Å². The Hall–Kier alpha value is -6.76. The van der Waals surface area contributed by atoms with Crippen LogP contribution in [0.4, 0.5) is 0 Å². The lowest BCUT2D eigenvalue weighted by Gasteiger charge is -2.23. The highest BCUT2D eigenvalue weighted by atomic mass is 14.2. The molecule has 0 bridgehead atoms. The normalized spacial score (nSPS) is 11.6. The molecule has 0 heteroatoms. The molecule has 10 aromatic rings. The van der Waals surface area contributed by atoms with Gasteiger partial charge in [-0.2, -0.15) is 0 Å². The number of fused-ring (bicyclic) bond motifs is 4. The first-order valence-electron chi connectivity index (χ1n) is 19.7.